The average Bonchev–Trinajstić information content (AvgIpc) is 3.29. The summed E-state index contributed by atoms with van der Waals surface area (Å²) in [5, 5.41) is 4.55. The summed E-state index contributed by atoms with van der Waals surface area (Å²) in [6, 6.07) is 11.8. The number of hydrogen-bond acceptors (Lipinski definition) is 4. The van der Waals surface area contributed by atoms with Crippen molar-refractivity contribution in [2.45, 2.75) is 6.18 Å². The van der Waals surface area contributed by atoms with Gasteiger partial charge in [-0.3, -0.25) is 9.20 Å². The smallest absolute Gasteiger partial charge is 0.419 e. The number of alkyl halides is 3. The lowest BCUT2D eigenvalue weighted by Gasteiger charge is -2.13. The number of ether oxygens (including phenoxy) is 1. The van der Waals surface area contributed by atoms with E-state index in [0.29, 0.717) is 5.69 Å². The zero-order valence-electron chi connectivity index (χ0n) is 14.8. The molecule has 0 atom stereocenters. The number of hydrogen-bond donors (Lipinski definition) is 1. The van der Waals surface area contributed by atoms with E-state index in [2.05, 4.69) is 10.3 Å². The van der Waals surface area contributed by atoms with Crippen molar-refractivity contribution in [1.29, 1.82) is 0 Å². The Hall–Kier alpha value is -3.33. The van der Waals surface area contributed by atoms with Crippen LogP contribution in [0, 0.1) is 0 Å². The van der Waals surface area contributed by atoms with Crippen molar-refractivity contribution in [1.82, 2.24) is 9.38 Å². The van der Waals surface area contributed by atoms with E-state index in [1.807, 2.05) is 34.3 Å². The minimum absolute atomic E-state index is 0.384. The lowest BCUT2D eigenvalue weighted by molar-refractivity contribution is -0.139. The Morgan fingerprint density at radius 3 is 2.62 bits per heavy atom. The molecule has 1 N–H and O–H groups in total. The molecule has 4 aromatic rings. The predicted octanol–water partition coefficient (Wildman–Crippen LogP) is 5.10. The Morgan fingerprint density at radius 2 is 1.90 bits per heavy atom. The zero-order valence-corrected chi connectivity index (χ0v) is 15.6. The number of amides is 1. The van der Waals surface area contributed by atoms with E-state index in [-0.39, 0.29) is 5.75 Å². The number of nitrogens with zero attached hydrogens (tertiary/aromatic N) is 2. The normalized spacial score (nSPS) is 11.6. The number of carbonyl (C=O) groups is 1. The topological polar surface area (TPSA) is 55.6 Å². The fourth-order valence-electron chi connectivity index (χ4n) is 2.76. The van der Waals surface area contributed by atoms with Gasteiger partial charge in [-0.15, -0.1) is 11.3 Å². The first-order chi connectivity index (χ1) is 13.9. The van der Waals surface area contributed by atoms with E-state index in [1.165, 1.54) is 29.5 Å². The molecule has 0 saturated heterocycles. The quantitative estimate of drug-likeness (QED) is 0.492. The Morgan fingerprint density at radius 1 is 1.14 bits per heavy atom. The van der Waals surface area contributed by atoms with Gasteiger partial charge in [0.15, 0.2) is 11.6 Å². The van der Waals surface area contributed by atoms with Crippen molar-refractivity contribution in [3.63, 3.8) is 0 Å². The van der Waals surface area contributed by atoms with Crippen LogP contribution in [-0.4, -0.2) is 21.9 Å². The number of rotatable bonds is 5. The molecular formula is C20H14F3N3O2S. The van der Waals surface area contributed by atoms with E-state index < -0.39 is 24.3 Å². The molecule has 148 valence electrons. The molecule has 0 fully saturated rings. The summed E-state index contributed by atoms with van der Waals surface area (Å²) in [4.78, 5) is 17.4. The van der Waals surface area contributed by atoms with Crippen molar-refractivity contribution in [2.75, 3.05) is 11.9 Å². The summed E-state index contributed by atoms with van der Waals surface area (Å²) in [5.41, 5.74) is 1.28. The maximum Gasteiger partial charge on any atom is 0.419 e. The Labute approximate surface area is 167 Å². The molecule has 0 aliphatic rings. The highest BCUT2D eigenvalue weighted by Gasteiger charge is 2.34. The predicted molar refractivity (Wildman–Crippen MR) is 104 cm³/mol. The van der Waals surface area contributed by atoms with Gasteiger partial charge in [0.25, 0.3) is 5.91 Å². The van der Waals surface area contributed by atoms with Crippen molar-refractivity contribution >= 4 is 27.9 Å². The van der Waals surface area contributed by atoms with Crippen LogP contribution in [0.5, 0.6) is 5.75 Å². The van der Waals surface area contributed by atoms with Crippen LogP contribution in [0.15, 0.2) is 66.3 Å². The third-order valence-electron chi connectivity index (χ3n) is 4.11. The first-order valence-corrected chi connectivity index (χ1v) is 9.39. The van der Waals surface area contributed by atoms with Gasteiger partial charge in [-0.05, 0) is 24.3 Å². The first kappa shape index (κ1) is 19.0. The van der Waals surface area contributed by atoms with Crippen LogP contribution in [0.4, 0.5) is 18.9 Å². The molecule has 0 radical (unpaired) electrons. The van der Waals surface area contributed by atoms with Crippen LogP contribution >= 0.6 is 11.3 Å². The second kappa shape index (κ2) is 7.59. The molecule has 0 aliphatic heterocycles. The summed E-state index contributed by atoms with van der Waals surface area (Å²) < 4.78 is 45.9. The van der Waals surface area contributed by atoms with E-state index in [1.54, 1.807) is 12.1 Å². The van der Waals surface area contributed by atoms with Crippen LogP contribution in [0.2, 0.25) is 0 Å². The number of para-hydroxylation sites is 1. The number of imidazole rings is 1. The highest BCUT2D eigenvalue weighted by Crippen LogP contribution is 2.35. The van der Waals surface area contributed by atoms with Gasteiger partial charge in [-0.1, -0.05) is 24.3 Å². The van der Waals surface area contributed by atoms with Crippen molar-refractivity contribution < 1.29 is 22.7 Å². The second-order valence-corrected chi connectivity index (χ2v) is 7.00. The molecule has 9 heteroatoms. The van der Waals surface area contributed by atoms with Gasteiger partial charge in [-0.2, -0.15) is 13.2 Å². The SMILES string of the molecule is O=C(COc1ccccc1C(F)(F)F)Nc1ccc(-c2cn3ccsc3n2)cc1. The summed E-state index contributed by atoms with van der Waals surface area (Å²) >= 11 is 1.53. The van der Waals surface area contributed by atoms with Crippen LogP contribution in [0.1, 0.15) is 5.56 Å². The van der Waals surface area contributed by atoms with E-state index in [9.17, 15) is 18.0 Å². The van der Waals surface area contributed by atoms with E-state index in [0.717, 1.165) is 22.3 Å². The van der Waals surface area contributed by atoms with Crippen LogP contribution in [0.25, 0.3) is 16.2 Å². The Kier molecular flexibility index (Phi) is 4.98. The summed E-state index contributed by atoms with van der Waals surface area (Å²) in [7, 11) is 0. The number of halogens is 3. The lowest BCUT2D eigenvalue weighted by Crippen LogP contribution is -2.21. The lowest BCUT2D eigenvalue weighted by atomic mass is 10.1. The van der Waals surface area contributed by atoms with E-state index >= 15 is 0 Å². The maximum atomic E-state index is 13.0. The molecule has 0 spiro atoms. The number of benzene rings is 2. The third kappa shape index (κ3) is 4.24. The Balaban J connectivity index is 1.38. The molecular weight excluding hydrogens is 403 g/mol. The molecule has 2 aromatic heterocycles. The monoisotopic (exact) mass is 417 g/mol. The zero-order chi connectivity index (χ0) is 20.4. The van der Waals surface area contributed by atoms with Gasteiger partial charge in [0.2, 0.25) is 0 Å². The number of fused-ring (bicyclic) bond motifs is 1. The molecule has 29 heavy (non-hydrogen) atoms. The number of carbonyl (C=O) groups excluding carboxylic acids is 1. The van der Waals surface area contributed by atoms with Gasteiger partial charge < -0.3 is 10.1 Å². The van der Waals surface area contributed by atoms with Gasteiger partial charge in [0.05, 0.1) is 11.3 Å². The highest BCUT2D eigenvalue weighted by molar-refractivity contribution is 7.15. The van der Waals surface area contributed by atoms with Crippen LogP contribution in [-0.2, 0) is 11.0 Å². The number of nitrogens with one attached hydrogen (secondary N) is 1. The maximum absolute atomic E-state index is 13.0. The standard InChI is InChI=1S/C20H14F3N3O2S/c21-20(22,23)15-3-1-2-4-17(15)28-12-18(27)24-14-7-5-13(6-8-14)16-11-26-9-10-29-19(26)25-16/h1-11H,12H2,(H,24,27). The van der Waals surface area contributed by atoms with Crippen molar-refractivity contribution in [3.8, 4) is 17.0 Å². The minimum Gasteiger partial charge on any atom is -0.483 e. The fourth-order valence-corrected chi connectivity index (χ4v) is 3.46. The largest absolute Gasteiger partial charge is 0.483 e. The number of thiazole rings is 1. The molecule has 0 bridgehead atoms. The molecule has 5 nitrogen and oxygen atoms in total. The number of aromatic nitrogens is 2. The molecule has 0 saturated carbocycles. The molecule has 0 unspecified atom stereocenters. The van der Waals surface area contributed by atoms with Crippen molar-refractivity contribution in [2.24, 2.45) is 0 Å². The molecule has 2 heterocycles. The minimum atomic E-state index is -4.55. The summed E-state index contributed by atoms with van der Waals surface area (Å²) in [5.74, 6) is -0.942. The van der Waals surface area contributed by atoms with Gasteiger partial charge in [-0.25, -0.2) is 4.98 Å². The van der Waals surface area contributed by atoms with Crippen LogP contribution in [0.3, 0.4) is 0 Å². The molecule has 2 aromatic carbocycles. The van der Waals surface area contributed by atoms with Crippen LogP contribution < -0.4 is 10.1 Å². The highest BCUT2D eigenvalue weighted by atomic mass is 32.1. The fraction of sp³-hybridized carbons (Fsp3) is 0.100. The van der Waals surface area contributed by atoms with Gasteiger partial charge in [0.1, 0.15) is 5.75 Å². The average molecular weight is 417 g/mol. The van der Waals surface area contributed by atoms with Gasteiger partial charge in [0, 0.05) is 29.0 Å². The Bertz CT molecular complexity index is 1120. The third-order valence-corrected chi connectivity index (χ3v) is 4.88. The van der Waals surface area contributed by atoms with Crippen molar-refractivity contribution in [3.05, 3.63) is 71.9 Å². The molecule has 1 amide bonds. The number of anilines is 1. The second-order valence-electron chi connectivity index (χ2n) is 6.13. The molecule has 4 rings (SSSR count). The summed E-state index contributed by atoms with van der Waals surface area (Å²) in [6.45, 7) is -0.536. The summed E-state index contributed by atoms with van der Waals surface area (Å²) in [6.07, 6.45) is -0.724. The first-order valence-electron chi connectivity index (χ1n) is 8.52. The van der Waals surface area contributed by atoms with Gasteiger partial charge >= 0.3 is 6.18 Å². The molecule has 0 aliphatic carbocycles. The van der Waals surface area contributed by atoms with E-state index in [4.69, 9.17) is 4.74 Å².